The van der Waals surface area contributed by atoms with Gasteiger partial charge in [-0.05, 0) is 36.4 Å². The van der Waals surface area contributed by atoms with Crippen molar-refractivity contribution in [1.82, 2.24) is 14.1 Å². The van der Waals surface area contributed by atoms with Gasteiger partial charge in [0.1, 0.15) is 6.54 Å². The van der Waals surface area contributed by atoms with Crippen molar-refractivity contribution in [2.45, 2.75) is 25.3 Å². The number of ether oxygens (including phenoxy) is 1. The van der Waals surface area contributed by atoms with Crippen LogP contribution in [0, 0.1) is 0 Å². The zero-order valence-electron chi connectivity index (χ0n) is 18.6. The highest BCUT2D eigenvalue weighted by Gasteiger charge is 2.21. The maximum Gasteiger partial charge on any atom is 0.328 e. The summed E-state index contributed by atoms with van der Waals surface area (Å²) in [5.41, 5.74) is -0.793. The molecule has 0 saturated carbocycles. The smallest absolute Gasteiger partial charge is 0.328 e. The second-order valence-corrected chi connectivity index (χ2v) is 9.14. The molecule has 1 heterocycles. The van der Waals surface area contributed by atoms with Gasteiger partial charge in [0.05, 0.1) is 15.7 Å². The van der Waals surface area contributed by atoms with E-state index < -0.39 is 46.2 Å². The minimum atomic E-state index is -3.62. The lowest BCUT2D eigenvalue weighted by atomic mass is 10.2. The van der Waals surface area contributed by atoms with E-state index in [1.807, 2.05) is 0 Å². The number of carbonyl (C=O) groups excluding carboxylic acids is 2. The van der Waals surface area contributed by atoms with Crippen molar-refractivity contribution in [2.75, 3.05) is 25.0 Å². The van der Waals surface area contributed by atoms with Crippen LogP contribution in [-0.4, -0.2) is 54.1 Å². The highest BCUT2D eigenvalue weighted by Crippen LogP contribution is 2.18. The summed E-state index contributed by atoms with van der Waals surface area (Å²) in [6.07, 6.45) is 0. The zero-order valence-corrected chi connectivity index (χ0v) is 19.4. The highest BCUT2D eigenvalue weighted by molar-refractivity contribution is 7.89. The Labute approximate surface area is 195 Å². The number of rotatable bonds is 9. The van der Waals surface area contributed by atoms with Crippen LogP contribution in [0.1, 0.15) is 13.8 Å². The summed E-state index contributed by atoms with van der Waals surface area (Å²) < 4.78 is 32.0. The van der Waals surface area contributed by atoms with Crippen molar-refractivity contribution in [1.29, 1.82) is 0 Å². The minimum Gasteiger partial charge on any atom is -0.454 e. The van der Waals surface area contributed by atoms with Crippen LogP contribution in [0.15, 0.2) is 63.0 Å². The Balaban J connectivity index is 1.59. The number of hydrogen-bond donors (Lipinski definition) is 2. The lowest BCUT2D eigenvalue weighted by Crippen LogP contribution is -2.33. The Morgan fingerprint density at radius 3 is 2.24 bits per heavy atom. The van der Waals surface area contributed by atoms with E-state index in [2.05, 4.69) is 10.4 Å². The number of sulfonamides is 1. The molecule has 0 unspecified atom stereocenters. The molecule has 1 amide bonds. The zero-order chi connectivity index (χ0) is 24.9. The summed E-state index contributed by atoms with van der Waals surface area (Å²) in [6.45, 7) is 2.94. The van der Waals surface area contributed by atoms with E-state index in [0.717, 1.165) is 4.68 Å². The van der Waals surface area contributed by atoms with Crippen LogP contribution in [0.25, 0.3) is 10.8 Å². The molecule has 2 aromatic carbocycles. The predicted molar refractivity (Wildman–Crippen MR) is 125 cm³/mol. The Kier molecular flexibility index (Phi) is 7.64. The number of esters is 1. The van der Waals surface area contributed by atoms with Crippen molar-refractivity contribution < 1.29 is 22.7 Å². The summed E-state index contributed by atoms with van der Waals surface area (Å²) in [7, 11) is -3.62. The van der Waals surface area contributed by atoms with E-state index >= 15 is 0 Å². The molecule has 0 fully saturated rings. The van der Waals surface area contributed by atoms with Crippen LogP contribution < -0.4 is 16.4 Å². The molecule has 2 N–H and O–H groups in total. The number of amides is 1. The molecular formula is C22H24N4O7S. The number of aromatic amines is 1. The number of aromatic nitrogens is 2. The molecule has 0 atom stereocenters. The predicted octanol–water partition coefficient (Wildman–Crippen LogP) is 0.902. The second-order valence-electron chi connectivity index (χ2n) is 7.20. The molecule has 3 rings (SSSR count). The number of H-pyrrole nitrogens is 1. The molecule has 0 saturated heterocycles. The Morgan fingerprint density at radius 2 is 1.62 bits per heavy atom. The molecule has 180 valence electrons. The van der Waals surface area contributed by atoms with E-state index in [-0.39, 0.29) is 15.7 Å². The molecule has 0 spiro atoms. The first kappa shape index (κ1) is 24.9. The summed E-state index contributed by atoms with van der Waals surface area (Å²) in [5, 5.41) is 5.15. The Bertz CT molecular complexity index is 1420. The van der Waals surface area contributed by atoms with Crippen molar-refractivity contribution >= 4 is 38.4 Å². The molecule has 1 aromatic heterocycles. The highest BCUT2D eigenvalue weighted by atomic mass is 32.2. The average Bonchev–Trinajstić information content (AvgIpc) is 2.82. The van der Waals surface area contributed by atoms with Gasteiger partial charge in [-0.1, -0.05) is 26.0 Å². The molecule has 3 aromatic rings. The van der Waals surface area contributed by atoms with Crippen molar-refractivity contribution in [3.63, 3.8) is 0 Å². The topological polar surface area (TPSA) is 148 Å². The largest absolute Gasteiger partial charge is 0.454 e. The first-order valence-electron chi connectivity index (χ1n) is 10.4. The third-order valence-electron chi connectivity index (χ3n) is 5.02. The van der Waals surface area contributed by atoms with Crippen LogP contribution >= 0.6 is 0 Å². The third kappa shape index (κ3) is 5.41. The van der Waals surface area contributed by atoms with Gasteiger partial charge >= 0.3 is 5.97 Å². The number of anilines is 1. The number of carbonyl (C=O) groups is 2. The summed E-state index contributed by atoms with van der Waals surface area (Å²) in [4.78, 5) is 48.8. The lowest BCUT2D eigenvalue weighted by Gasteiger charge is -2.18. The van der Waals surface area contributed by atoms with Crippen molar-refractivity contribution in [2.24, 2.45) is 0 Å². The van der Waals surface area contributed by atoms with Crippen molar-refractivity contribution in [3.8, 4) is 0 Å². The summed E-state index contributed by atoms with van der Waals surface area (Å²) in [5.74, 6) is -1.56. The van der Waals surface area contributed by atoms with Gasteiger partial charge in [0, 0.05) is 18.8 Å². The van der Waals surface area contributed by atoms with Gasteiger partial charge in [-0.3, -0.25) is 24.3 Å². The van der Waals surface area contributed by atoms with E-state index in [1.54, 1.807) is 26.0 Å². The number of benzene rings is 2. The third-order valence-corrected chi connectivity index (χ3v) is 7.08. The van der Waals surface area contributed by atoms with Gasteiger partial charge in [-0.25, -0.2) is 13.1 Å². The summed E-state index contributed by atoms with van der Waals surface area (Å²) >= 11 is 0. The van der Waals surface area contributed by atoms with Crippen molar-refractivity contribution in [3.05, 3.63) is 69.2 Å². The molecule has 0 radical (unpaired) electrons. The van der Waals surface area contributed by atoms with Gasteiger partial charge in [0.2, 0.25) is 10.0 Å². The van der Waals surface area contributed by atoms with Gasteiger partial charge in [0.25, 0.3) is 17.0 Å². The molecule has 11 nitrogen and oxygen atoms in total. The van der Waals surface area contributed by atoms with E-state index in [1.165, 1.54) is 40.7 Å². The summed E-state index contributed by atoms with van der Waals surface area (Å²) in [6, 6.07) is 11.8. The average molecular weight is 489 g/mol. The van der Waals surface area contributed by atoms with Gasteiger partial charge in [0.15, 0.2) is 6.61 Å². The Hall–Kier alpha value is -3.77. The fraction of sp³-hybridized carbons (Fsp3) is 0.273. The molecule has 0 aliphatic carbocycles. The fourth-order valence-electron chi connectivity index (χ4n) is 3.30. The number of hydrogen-bond acceptors (Lipinski definition) is 7. The minimum absolute atomic E-state index is 0.0930. The number of nitrogens with one attached hydrogen (secondary N) is 2. The number of fused-ring (bicyclic) bond motifs is 1. The van der Waals surface area contributed by atoms with Crippen LogP contribution in [0.5, 0.6) is 0 Å². The van der Waals surface area contributed by atoms with Gasteiger partial charge in [-0.2, -0.15) is 4.31 Å². The van der Waals surface area contributed by atoms with Gasteiger partial charge in [-0.15, -0.1) is 0 Å². The second kappa shape index (κ2) is 10.4. The van der Waals surface area contributed by atoms with Crippen LogP contribution in [0.2, 0.25) is 0 Å². The van der Waals surface area contributed by atoms with E-state index in [4.69, 9.17) is 4.74 Å². The lowest BCUT2D eigenvalue weighted by molar-refractivity contribution is -0.148. The monoisotopic (exact) mass is 488 g/mol. The standard InChI is InChI=1S/C22H24N4O7S/c1-3-25(4-2)34(31,32)16-11-9-15(10-12-16)23-19(27)14-33-20(28)13-26-22(30)18-8-6-5-7-17(18)21(29)24-26/h5-12H,3-4,13-14H2,1-2H3,(H,23,27)(H,24,29). The van der Waals surface area contributed by atoms with E-state index in [0.29, 0.717) is 18.8 Å². The SMILES string of the molecule is CCN(CC)S(=O)(=O)c1ccc(NC(=O)COC(=O)Cn2[nH]c(=O)c3ccccc3c2=O)cc1. The molecule has 0 aliphatic rings. The van der Waals surface area contributed by atoms with Crippen LogP contribution in [0.4, 0.5) is 5.69 Å². The Morgan fingerprint density at radius 1 is 1.00 bits per heavy atom. The van der Waals surface area contributed by atoms with Gasteiger partial charge < -0.3 is 10.1 Å². The maximum absolute atomic E-state index is 12.5. The maximum atomic E-state index is 12.5. The molecule has 12 heteroatoms. The first-order valence-corrected chi connectivity index (χ1v) is 11.9. The quantitative estimate of drug-likeness (QED) is 0.425. The number of nitrogens with zero attached hydrogens (tertiary/aromatic N) is 2. The van der Waals surface area contributed by atoms with Crippen LogP contribution in [-0.2, 0) is 30.9 Å². The van der Waals surface area contributed by atoms with Crippen LogP contribution in [0.3, 0.4) is 0 Å². The molecule has 0 aliphatic heterocycles. The molecule has 34 heavy (non-hydrogen) atoms. The normalized spacial score (nSPS) is 11.5. The fourth-order valence-corrected chi connectivity index (χ4v) is 4.76. The molecule has 0 bridgehead atoms. The first-order chi connectivity index (χ1) is 16.2. The molecular weight excluding hydrogens is 464 g/mol. The van der Waals surface area contributed by atoms with E-state index in [9.17, 15) is 27.6 Å².